The number of primary amides is 1. The van der Waals surface area contributed by atoms with Crippen molar-refractivity contribution in [2.24, 2.45) is 17.2 Å². The zero-order valence-corrected chi connectivity index (χ0v) is 17.1. The summed E-state index contributed by atoms with van der Waals surface area (Å²) in [4.78, 5) is 29.3. The topological polar surface area (TPSA) is 161 Å². The molecule has 0 spiro atoms. The van der Waals surface area contributed by atoms with Crippen molar-refractivity contribution in [1.29, 1.82) is 0 Å². The molecule has 1 saturated carbocycles. The van der Waals surface area contributed by atoms with Gasteiger partial charge in [-0.2, -0.15) is 0 Å². The van der Waals surface area contributed by atoms with Crippen LogP contribution in [-0.4, -0.2) is 50.8 Å². The summed E-state index contributed by atoms with van der Waals surface area (Å²) in [5, 5.41) is 12.6. The van der Waals surface area contributed by atoms with Gasteiger partial charge in [-0.25, -0.2) is 18.6 Å². The second-order valence-electron chi connectivity index (χ2n) is 8.16. The predicted octanol–water partition coefficient (Wildman–Crippen LogP) is 1.19. The minimum Gasteiger partial charge on any atom is -0.480 e. The number of nitrogens with one attached hydrogen (secondary N) is 1. The van der Waals surface area contributed by atoms with E-state index in [0.717, 1.165) is 30.2 Å². The van der Waals surface area contributed by atoms with Crippen LogP contribution in [0.15, 0.2) is 36.2 Å². The fourth-order valence-electron chi connectivity index (χ4n) is 4.51. The average Bonchev–Trinajstić information content (AvgIpc) is 2.96. The number of carboxylic acid groups (broad SMARTS) is 1. The molecule has 1 amide bonds. The Labute approximate surface area is 182 Å². The number of aliphatic carboxylic acids is 1. The molecule has 8 N–H and O–H groups in total. The molecule has 1 aliphatic carbocycles. The Bertz CT molecular complexity index is 1070. The van der Waals surface area contributed by atoms with Gasteiger partial charge in [0.25, 0.3) is 5.91 Å². The Balaban J connectivity index is 1.88. The monoisotopic (exact) mass is 446 g/mol. The summed E-state index contributed by atoms with van der Waals surface area (Å²) in [6, 6.07) is -1.46. The number of hydrogen-bond donors (Lipinski definition) is 5. The third-order valence-corrected chi connectivity index (χ3v) is 6.06. The molecule has 4 rings (SSSR count). The van der Waals surface area contributed by atoms with Gasteiger partial charge in [-0.15, -0.1) is 0 Å². The normalized spacial score (nSPS) is 29.2. The quantitative estimate of drug-likeness (QED) is 0.422. The average molecular weight is 446 g/mol. The highest BCUT2D eigenvalue weighted by molar-refractivity contribution is 6.00. The zero-order valence-electron chi connectivity index (χ0n) is 17.1. The lowest BCUT2D eigenvalue weighted by Gasteiger charge is -2.30. The number of halogens is 2. The van der Waals surface area contributed by atoms with E-state index in [0.29, 0.717) is 6.42 Å². The molecule has 9 nitrogen and oxygen atoms in total. The number of hydrogen-bond acceptors (Lipinski definition) is 7. The number of carbonyl (C=O) groups excluding carboxylic acids is 1. The van der Waals surface area contributed by atoms with E-state index in [1.807, 2.05) is 0 Å². The maximum atomic E-state index is 15.9. The number of aromatic nitrogens is 1. The van der Waals surface area contributed by atoms with Gasteiger partial charge in [0.15, 0.2) is 17.7 Å². The van der Waals surface area contributed by atoms with Crippen molar-refractivity contribution in [2.75, 3.05) is 5.32 Å². The summed E-state index contributed by atoms with van der Waals surface area (Å²) in [7, 11) is 0. The van der Waals surface area contributed by atoms with E-state index in [9.17, 15) is 19.1 Å². The fourth-order valence-corrected chi connectivity index (χ4v) is 4.51. The number of amides is 1. The first-order valence-electron chi connectivity index (χ1n) is 10.2. The number of allylic oxidation sites excluding steroid dienone is 3. The number of pyridine rings is 1. The van der Waals surface area contributed by atoms with Gasteiger partial charge >= 0.3 is 5.97 Å². The fraction of sp³-hybridized carbons (Fsp3) is 0.381. The molecular weight excluding hydrogens is 422 g/mol. The summed E-state index contributed by atoms with van der Waals surface area (Å²) in [5.41, 5.74) is 16.4. The summed E-state index contributed by atoms with van der Waals surface area (Å²) in [6.07, 6.45) is 9.18. The highest BCUT2D eigenvalue weighted by atomic mass is 19.1. The van der Waals surface area contributed by atoms with Crippen molar-refractivity contribution in [3.8, 4) is 0 Å². The molecule has 1 aromatic rings. The molecular formula is C21H24F2N6O3. The highest BCUT2D eigenvalue weighted by Crippen LogP contribution is 2.45. The van der Waals surface area contributed by atoms with Gasteiger partial charge in [0.2, 0.25) is 5.79 Å². The Kier molecular flexibility index (Phi) is 5.47. The number of nitrogens with zero attached hydrogens (tertiary/aromatic N) is 2. The van der Waals surface area contributed by atoms with Crippen LogP contribution >= 0.6 is 0 Å². The number of fused-ring (bicyclic) bond motifs is 1. The lowest BCUT2D eigenvalue weighted by molar-refractivity contribution is -0.144. The van der Waals surface area contributed by atoms with Crippen LogP contribution in [0.3, 0.4) is 0 Å². The van der Waals surface area contributed by atoms with Crippen LogP contribution in [0.5, 0.6) is 0 Å². The zero-order chi connectivity index (χ0) is 23.2. The van der Waals surface area contributed by atoms with E-state index in [-0.39, 0.29) is 34.9 Å². The van der Waals surface area contributed by atoms with Gasteiger partial charge in [-0.3, -0.25) is 10.5 Å². The first-order chi connectivity index (χ1) is 15.1. The van der Waals surface area contributed by atoms with Crippen LogP contribution in [0.4, 0.5) is 14.6 Å². The minimum atomic E-state index is -2.95. The van der Waals surface area contributed by atoms with Gasteiger partial charge < -0.3 is 26.8 Å². The molecule has 1 fully saturated rings. The van der Waals surface area contributed by atoms with Crippen LogP contribution in [0, 0.1) is 5.82 Å². The van der Waals surface area contributed by atoms with E-state index in [1.165, 1.54) is 18.4 Å². The summed E-state index contributed by atoms with van der Waals surface area (Å²) >= 11 is 0. The third kappa shape index (κ3) is 3.53. The van der Waals surface area contributed by atoms with Crippen molar-refractivity contribution < 1.29 is 23.5 Å². The lowest BCUT2D eigenvalue weighted by atomic mass is 9.91. The van der Waals surface area contributed by atoms with Gasteiger partial charge in [0.1, 0.15) is 0 Å². The summed E-state index contributed by atoms with van der Waals surface area (Å²) in [5.74, 6) is -6.63. The second kappa shape index (κ2) is 7.99. The van der Waals surface area contributed by atoms with Crippen LogP contribution < -0.4 is 22.5 Å². The molecule has 0 saturated heterocycles. The number of alkyl halides is 1. The number of rotatable bonds is 5. The van der Waals surface area contributed by atoms with Crippen molar-refractivity contribution in [2.45, 2.75) is 49.6 Å². The molecule has 3 aliphatic rings. The Hall–Kier alpha value is -3.31. The van der Waals surface area contributed by atoms with Crippen molar-refractivity contribution >= 4 is 23.3 Å². The Morgan fingerprint density at radius 2 is 2.00 bits per heavy atom. The molecule has 2 aliphatic heterocycles. The van der Waals surface area contributed by atoms with Crippen LogP contribution in [0.2, 0.25) is 0 Å². The van der Waals surface area contributed by atoms with Crippen molar-refractivity contribution in [3.63, 3.8) is 0 Å². The number of carboxylic acids is 1. The van der Waals surface area contributed by atoms with Gasteiger partial charge in [-0.1, -0.05) is 18.9 Å². The summed E-state index contributed by atoms with van der Waals surface area (Å²) in [6.45, 7) is 0. The second-order valence-corrected chi connectivity index (χ2v) is 8.16. The highest BCUT2D eigenvalue weighted by Gasteiger charge is 2.56. The molecule has 11 heteroatoms. The van der Waals surface area contributed by atoms with E-state index in [4.69, 9.17) is 17.2 Å². The minimum absolute atomic E-state index is 0.0897. The maximum absolute atomic E-state index is 15.9. The van der Waals surface area contributed by atoms with E-state index < -0.39 is 35.1 Å². The van der Waals surface area contributed by atoms with Crippen molar-refractivity contribution in [1.82, 2.24) is 9.88 Å². The lowest BCUT2D eigenvalue weighted by Crippen LogP contribution is -2.53. The SMILES string of the molecule is NC(=O)c1cc(F)c(NC2CCCCC2N)nc1C1=C2C=CC=CN2C(C(=O)O)C1(N)F. The standard InChI is InChI=1S/C21H24F2N6O3/c22-11-9-10(18(25)30)16(28-19(11)27-13-6-2-1-5-12(13)24)15-14-7-3-4-8-29(14)17(20(31)32)21(15,23)26/h3-4,7-9,12-13,17H,1-2,5-6,24,26H2,(H2,25,30)(H,27,28)(H,31,32). The first-order valence-corrected chi connectivity index (χ1v) is 10.2. The van der Waals surface area contributed by atoms with E-state index in [1.54, 1.807) is 6.08 Å². The molecule has 4 unspecified atom stereocenters. The number of carbonyl (C=O) groups is 2. The van der Waals surface area contributed by atoms with Crippen molar-refractivity contribution in [3.05, 3.63) is 53.3 Å². The maximum Gasteiger partial charge on any atom is 0.331 e. The largest absolute Gasteiger partial charge is 0.480 e. The van der Waals surface area contributed by atoms with Crippen LogP contribution in [0.25, 0.3) is 5.57 Å². The van der Waals surface area contributed by atoms with Crippen LogP contribution in [0.1, 0.15) is 41.7 Å². The third-order valence-electron chi connectivity index (χ3n) is 6.06. The van der Waals surface area contributed by atoms with E-state index in [2.05, 4.69) is 10.3 Å². The smallest absolute Gasteiger partial charge is 0.331 e. The predicted molar refractivity (Wildman–Crippen MR) is 113 cm³/mol. The molecule has 0 aromatic carbocycles. The van der Waals surface area contributed by atoms with Gasteiger partial charge in [0, 0.05) is 18.3 Å². The Morgan fingerprint density at radius 3 is 2.66 bits per heavy atom. The van der Waals surface area contributed by atoms with Gasteiger partial charge in [-0.05, 0) is 31.1 Å². The number of anilines is 1. The molecule has 0 radical (unpaired) electrons. The first kappa shape index (κ1) is 21.9. The van der Waals surface area contributed by atoms with Crippen LogP contribution in [-0.2, 0) is 4.79 Å². The summed E-state index contributed by atoms with van der Waals surface area (Å²) < 4.78 is 30.7. The van der Waals surface area contributed by atoms with Gasteiger partial charge in [0.05, 0.1) is 22.5 Å². The molecule has 32 heavy (non-hydrogen) atoms. The molecule has 1 aromatic heterocycles. The molecule has 0 bridgehead atoms. The molecule has 170 valence electrons. The molecule has 3 heterocycles. The molecule has 4 atom stereocenters. The van der Waals surface area contributed by atoms with E-state index >= 15 is 4.39 Å². The Morgan fingerprint density at radius 1 is 1.28 bits per heavy atom. The number of nitrogens with two attached hydrogens (primary N) is 3.